The van der Waals surface area contributed by atoms with Crippen molar-refractivity contribution in [2.75, 3.05) is 5.32 Å². The molecule has 0 atom stereocenters. The minimum Gasteiger partial charge on any atom is -0.320 e. The molecule has 0 bridgehead atoms. The summed E-state index contributed by atoms with van der Waals surface area (Å²) in [4.78, 5) is 12.2. The van der Waals surface area contributed by atoms with Gasteiger partial charge in [-0.05, 0) is 36.4 Å². The topological polar surface area (TPSA) is 53.8 Å². The van der Waals surface area contributed by atoms with Crippen LogP contribution in [-0.4, -0.2) is 5.91 Å². The van der Waals surface area contributed by atoms with E-state index in [1.54, 1.807) is 36.4 Å². The number of anilines is 1. The highest BCUT2D eigenvalue weighted by atomic mass is 19.1. The number of amides is 1. The fourth-order valence-corrected chi connectivity index (χ4v) is 2.14. The molecule has 124 valence electrons. The number of halogens is 2. The Morgan fingerprint density at radius 2 is 1.44 bits per heavy atom. The number of nitrogens with zero attached hydrogens (tertiary/aromatic N) is 2. The minimum absolute atomic E-state index is 0.0221. The summed E-state index contributed by atoms with van der Waals surface area (Å²) in [6.07, 6.45) is 0. The van der Waals surface area contributed by atoms with Crippen LogP contribution in [0, 0.1) is 11.6 Å². The van der Waals surface area contributed by atoms with Gasteiger partial charge >= 0.3 is 0 Å². The van der Waals surface area contributed by atoms with E-state index < -0.39 is 17.5 Å². The van der Waals surface area contributed by atoms with Crippen LogP contribution in [0.4, 0.5) is 25.8 Å². The van der Waals surface area contributed by atoms with Crippen molar-refractivity contribution in [1.82, 2.24) is 0 Å². The molecule has 0 unspecified atom stereocenters. The fourth-order valence-electron chi connectivity index (χ4n) is 2.14. The quantitative estimate of drug-likeness (QED) is 0.616. The van der Waals surface area contributed by atoms with Crippen molar-refractivity contribution >= 4 is 23.0 Å². The van der Waals surface area contributed by atoms with Crippen molar-refractivity contribution in [3.8, 4) is 0 Å². The molecule has 3 aromatic carbocycles. The van der Waals surface area contributed by atoms with Gasteiger partial charge in [-0.2, -0.15) is 0 Å². The zero-order chi connectivity index (χ0) is 17.6. The van der Waals surface area contributed by atoms with Crippen molar-refractivity contribution in [2.24, 2.45) is 10.2 Å². The summed E-state index contributed by atoms with van der Waals surface area (Å²) in [5.41, 5.74) is 0.374. The fraction of sp³-hybridized carbons (Fsp3) is 0. The van der Waals surface area contributed by atoms with Gasteiger partial charge in [-0.1, -0.05) is 36.4 Å². The van der Waals surface area contributed by atoms with Crippen LogP contribution in [-0.2, 0) is 0 Å². The number of azo groups is 1. The Morgan fingerprint density at radius 1 is 0.760 bits per heavy atom. The van der Waals surface area contributed by atoms with Gasteiger partial charge < -0.3 is 5.32 Å². The highest BCUT2D eigenvalue weighted by Gasteiger charge is 2.12. The molecule has 0 radical (unpaired) electrons. The van der Waals surface area contributed by atoms with E-state index in [0.717, 1.165) is 0 Å². The van der Waals surface area contributed by atoms with E-state index in [1.165, 1.54) is 36.4 Å². The molecule has 0 heterocycles. The Hall–Kier alpha value is -3.41. The summed E-state index contributed by atoms with van der Waals surface area (Å²) in [6.45, 7) is 0. The van der Waals surface area contributed by atoms with Crippen LogP contribution in [0.15, 0.2) is 83.0 Å². The van der Waals surface area contributed by atoms with E-state index >= 15 is 0 Å². The normalized spacial score (nSPS) is 10.8. The summed E-state index contributed by atoms with van der Waals surface area (Å²) >= 11 is 0. The first-order valence-electron chi connectivity index (χ1n) is 7.46. The Kier molecular flexibility index (Phi) is 4.89. The number of carbonyl (C=O) groups is 1. The maximum absolute atomic E-state index is 14.1. The van der Waals surface area contributed by atoms with Crippen LogP contribution in [0.2, 0.25) is 0 Å². The van der Waals surface area contributed by atoms with Gasteiger partial charge in [0, 0.05) is 5.56 Å². The van der Waals surface area contributed by atoms with Crippen molar-refractivity contribution < 1.29 is 13.6 Å². The largest absolute Gasteiger partial charge is 0.320 e. The van der Waals surface area contributed by atoms with Gasteiger partial charge in [-0.15, -0.1) is 10.2 Å². The number of hydrogen-bond donors (Lipinski definition) is 1. The Bertz CT molecular complexity index is 927. The van der Waals surface area contributed by atoms with Crippen LogP contribution < -0.4 is 5.32 Å². The zero-order valence-corrected chi connectivity index (χ0v) is 13.0. The Balaban J connectivity index is 1.90. The van der Waals surface area contributed by atoms with E-state index in [1.807, 2.05) is 0 Å². The predicted octanol–water partition coefficient (Wildman–Crippen LogP) is 5.63. The van der Waals surface area contributed by atoms with Crippen molar-refractivity contribution in [2.45, 2.75) is 0 Å². The molecule has 1 N–H and O–H groups in total. The van der Waals surface area contributed by atoms with Crippen LogP contribution >= 0.6 is 0 Å². The van der Waals surface area contributed by atoms with Crippen LogP contribution in [0.5, 0.6) is 0 Å². The predicted molar refractivity (Wildman–Crippen MR) is 91.4 cm³/mol. The Labute approximate surface area is 142 Å². The smallest absolute Gasteiger partial charge is 0.255 e. The highest BCUT2D eigenvalue weighted by Crippen LogP contribution is 2.30. The van der Waals surface area contributed by atoms with E-state index in [4.69, 9.17) is 0 Å². The van der Waals surface area contributed by atoms with Crippen LogP contribution in [0.25, 0.3) is 0 Å². The number of hydrogen-bond acceptors (Lipinski definition) is 3. The van der Waals surface area contributed by atoms with Crippen molar-refractivity contribution in [3.63, 3.8) is 0 Å². The molecule has 3 rings (SSSR count). The first-order chi connectivity index (χ1) is 12.1. The minimum atomic E-state index is -0.675. The average Bonchev–Trinajstić information content (AvgIpc) is 2.63. The van der Waals surface area contributed by atoms with Crippen molar-refractivity contribution in [1.29, 1.82) is 0 Å². The van der Waals surface area contributed by atoms with Gasteiger partial charge in [0.05, 0.1) is 5.69 Å². The van der Waals surface area contributed by atoms with Gasteiger partial charge in [0.25, 0.3) is 5.91 Å². The second-order valence-corrected chi connectivity index (χ2v) is 5.11. The second-order valence-electron chi connectivity index (χ2n) is 5.11. The highest BCUT2D eigenvalue weighted by molar-refractivity contribution is 6.05. The average molecular weight is 337 g/mol. The molecular formula is C19H13F2N3O. The lowest BCUT2D eigenvalue weighted by molar-refractivity contribution is 0.102. The molecule has 0 spiro atoms. The third-order valence-electron chi connectivity index (χ3n) is 3.38. The first-order valence-corrected chi connectivity index (χ1v) is 7.46. The molecule has 0 fully saturated rings. The summed E-state index contributed by atoms with van der Waals surface area (Å²) < 4.78 is 27.7. The molecule has 0 aliphatic carbocycles. The number of nitrogens with one attached hydrogen (secondary N) is 1. The van der Waals surface area contributed by atoms with Gasteiger partial charge in [0.2, 0.25) is 0 Å². The molecule has 0 aliphatic heterocycles. The number of carbonyl (C=O) groups excluding carboxylic acids is 1. The molecule has 6 heteroatoms. The second kappa shape index (κ2) is 7.44. The lowest BCUT2D eigenvalue weighted by atomic mass is 10.2. The molecule has 0 aliphatic rings. The third-order valence-corrected chi connectivity index (χ3v) is 3.38. The van der Waals surface area contributed by atoms with E-state index in [0.29, 0.717) is 5.56 Å². The molecule has 1 amide bonds. The summed E-state index contributed by atoms with van der Waals surface area (Å²) in [6, 6.07) is 18.4. The lowest BCUT2D eigenvalue weighted by Gasteiger charge is -2.08. The maximum Gasteiger partial charge on any atom is 0.255 e. The molecule has 4 nitrogen and oxygen atoms in total. The summed E-state index contributed by atoms with van der Waals surface area (Å²) in [7, 11) is 0. The number of rotatable bonds is 4. The molecule has 25 heavy (non-hydrogen) atoms. The summed E-state index contributed by atoms with van der Waals surface area (Å²) in [5, 5.41) is 10.1. The monoisotopic (exact) mass is 337 g/mol. The van der Waals surface area contributed by atoms with Crippen molar-refractivity contribution in [3.05, 3.63) is 90.0 Å². The molecule has 0 saturated carbocycles. The lowest BCUT2D eigenvalue weighted by Crippen LogP contribution is -2.11. The van der Waals surface area contributed by atoms with Gasteiger partial charge in [-0.25, -0.2) is 8.78 Å². The van der Waals surface area contributed by atoms with Gasteiger partial charge in [-0.3, -0.25) is 4.79 Å². The van der Waals surface area contributed by atoms with E-state index in [-0.39, 0.29) is 17.1 Å². The first kappa shape index (κ1) is 16.4. The van der Waals surface area contributed by atoms with Gasteiger partial charge in [0.1, 0.15) is 11.4 Å². The maximum atomic E-state index is 14.1. The standard InChI is InChI=1S/C19H13F2N3O/c20-14-9-4-5-11-16(14)23-24-18-15(21)10-6-12-17(18)22-19(25)13-7-2-1-3-8-13/h1-12H,(H,22,25). The molecule has 3 aromatic rings. The van der Waals surface area contributed by atoms with Gasteiger partial charge in [0.15, 0.2) is 11.6 Å². The van der Waals surface area contributed by atoms with Crippen LogP contribution in [0.1, 0.15) is 10.4 Å². The molecular weight excluding hydrogens is 324 g/mol. The third kappa shape index (κ3) is 3.92. The summed E-state index contributed by atoms with van der Waals surface area (Å²) in [5.74, 6) is -1.66. The van der Waals surface area contributed by atoms with E-state index in [2.05, 4.69) is 15.5 Å². The molecule has 0 saturated heterocycles. The van der Waals surface area contributed by atoms with Crippen LogP contribution in [0.3, 0.4) is 0 Å². The number of benzene rings is 3. The molecule has 0 aromatic heterocycles. The van der Waals surface area contributed by atoms with E-state index in [9.17, 15) is 13.6 Å². The Morgan fingerprint density at radius 3 is 2.20 bits per heavy atom. The zero-order valence-electron chi connectivity index (χ0n) is 13.0. The SMILES string of the molecule is O=C(Nc1cccc(F)c1N=Nc1ccccc1F)c1ccccc1.